The van der Waals surface area contributed by atoms with Crippen LogP contribution in [0.25, 0.3) is 0 Å². The van der Waals surface area contributed by atoms with Gasteiger partial charge in [0.1, 0.15) is 0 Å². The highest BCUT2D eigenvalue weighted by molar-refractivity contribution is 5.34. The third kappa shape index (κ3) is 1.36. The van der Waals surface area contributed by atoms with Crippen molar-refractivity contribution in [2.45, 2.75) is 12.5 Å². The molecule has 3 heterocycles. The fourth-order valence-electron chi connectivity index (χ4n) is 2.35. The van der Waals surface area contributed by atoms with Crippen LogP contribution in [-0.4, -0.2) is 26.1 Å². The molecule has 16 heavy (non-hydrogen) atoms. The van der Waals surface area contributed by atoms with E-state index in [0.29, 0.717) is 5.92 Å². The maximum atomic E-state index is 4.33. The summed E-state index contributed by atoms with van der Waals surface area (Å²) < 4.78 is 3.80. The Hall–Kier alpha value is -1.62. The molecule has 0 aliphatic carbocycles. The number of fused-ring (bicyclic) bond motifs is 1. The van der Waals surface area contributed by atoms with Crippen LogP contribution in [0.1, 0.15) is 22.7 Å². The van der Waals surface area contributed by atoms with Gasteiger partial charge in [-0.25, -0.2) is 0 Å². The summed E-state index contributed by atoms with van der Waals surface area (Å²) in [5.41, 5.74) is 3.86. The molecule has 2 aromatic rings. The van der Waals surface area contributed by atoms with Crippen LogP contribution in [0.15, 0.2) is 18.6 Å². The number of rotatable bonds is 1. The quantitative estimate of drug-likeness (QED) is 0.751. The van der Waals surface area contributed by atoms with Crippen LogP contribution >= 0.6 is 0 Å². The minimum absolute atomic E-state index is 0.381. The second kappa shape index (κ2) is 3.45. The van der Waals surface area contributed by atoms with Crippen LogP contribution in [-0.2, 0) is 20.6 Å². The van der Waals surface area contributed by atoms with E-state index in [-0.39, 0.29) is 0 Å². The number of aromatic nitrogens is 4. The van der Waals surface area contributed by atoms with E-state index in [1.165, 1.54) is 16.8 Å². The average molecular weight is 217 g/mol. The van der Waals surface area contributed by atoms with Gasteiger partial charge in [0.25, 0.3) is 0 Å². The molecule has 0 aromatic carbocycles. The molecule has 0 fully saturated rings. The second-order valence-corrected chi connectivity index (χ2v) is 4.30. The lowest BCUT2D eigenvalue weighted by molar-refractivity contribution is 0.558. The monoisotopic (exact) mass is 217 g/mol. The first kappa shape index (κ1) is 9.59. The molecule has 3 rings (SSSR count). The van der Waals surface area contributed by atoms with Crippen LogP contribution in [0.4, 0.5) is 0 Å². The third-order valence-electron chi connectivity index (χ3n) is 3.24. The van der Waals surface area contributed by atoms with Gasteiger partial charge < -0.3 is 5.32 Å². The summed E-state index contributed by atoms with van der Waals surface area (Å²) in [7, 11) is 3.94. The Kier molecular flexibility index (Phi) is 2.07. The molecule has 5 heteroatoms. The molecule has 0 amide bonds. The summed E-state index contributed by atoms with van der Waals surface area (Å²) in [4.78, 5) is 0. The maximum absolute atomic E-state index is 4.33. The van der Waals surface area contributed by atoms with Crippen molar-refractivity contribution in [2.24, 2.45) is 14.1 Å². The first-order chi connectivity index (χ1) is 7.75. The number of aryl methyl sites for hydroxylation is 2. The third-order valence-corrected chi connectivity index (χ3v) is 3.24. The largest absolute Gasteiger partial charge is 0.310 e. The van der Waals surface area contributed by atoms with E-state index in [2.05, 4.69) is 21.7 Å². The van der Waals surface area contributed by atoms with Gasteiger partial charge in [0.15, 0.2) is 0 Å². The molecule has 0 saturated carbocycles. The second-order valence-electron chi connectivity index (χ2n) is 4.30. The van der Waals surface area contributed by atoms with Crippen molar-refractivity contribution in [3.63, 3.8) is 0 Å². The normalized spacial score (nSPS) is 19.8. The van der Waals surface area contributed by atoms with Gasteiger partial charge in [-0.1, -0.05) is 0 Å². The van der Waals surface area contributed by atoms with E-state index in [0.717, 1.165) is 13.1 Å². The Bertz CT molecular complexity index is 510. The molecular formula is C11H15N5. The van der Waals surface area contributed by atoms with Gasteiger partial charge in [-0.15, -0.1) is 0 Å². The Balaban J connectivity index is 2.05. The van der Waals surface area contributed by atoms with E-state index in [1.807, 2.05) is 35.9 Å². The zero-order chi connectivity index (χ0) is 11.1. The molecule has 1 unspecified atom stereocenters. The Morgan fingerprint density at radius 2 is 2.19 bits per heavy atom. The highest BCUT2D eigenvalue weighted by atomic mass is 15.3. The number of nitrogens with one attached hydrogen (secondary N) is 1. The van der Waals surface area contributed by atoms with Crippen LogP contribution in [0, 0.1) is 0 Å². The fourth-order valence-corrected chi connectivity index (χ4v) is 2.35. The smallest absolute Gasteiger partial charge is 0.0557 e. The summed E-state index contributed by atoms with van der Waals surface area (Å²) in [6.45, 7) is 1.87. The predicted octanol–water partition coefficient (Wildman–Crippen LogP) is 0.389. The topological polar surface area (TPSA) is 47.7 Å². The summed E-state index contributed by atoms with van der Waals surface area (Å²) in [6, 6.07) is 0. The first-order valence-corrected chi connectivity index (χ1v) is 5.45. The van der Waals surface area contributed by atoms with Gasteiger partial charge in [-0.3, -0.25) is 9.36 Å². The molecule has 84 valence electrons. The van der Waals surface area contributed by atoms with Gasteiger partial charge >= 0.3 is 0 Å². The van der Waals surface area contributed by atoms with Crippen LogP contribution in [0.2, 0.25) is 0 Å². The highest BCUT2D eigenvalue weighted by Gasteiger charge is 2.25. The van der Waals surface area contributed by atoms with E-state index in [4.69, 9.17) is 0 Å². The molecule has 1 atom stereocenters. The molecule has 1 aliphatic heterocycles. The van der Waals surface area contributed by atoms with Crippen molar-refractivity contribution >= 4 is 0 Å². The molecular weight excluding hydrogens is 202 g/mol. The van der Waals surface area contributed by atoms with Crippen LogP contribution in [0.5, 0.6) is 0 Å². The first-order valence-electron chi connectivity index (χ1n) is 5.45. The Morgan fingerprint density at radius 3 is 2.94 bits per heavy atom. The molecule has 0 spiro atoms. The van der Waals surface area contributed by atoms with Crippen molar-refractivity contribution in [1.82, 2.24) is 24.9 Å². The average Bonchev–Trinajstić information content (AvgIpc) is 2.86. The molecule has 1 aliphatic rings. The van der Waals surface area contributed by atoms with Gasteiger partial charge in [-0.2, -0.15) is 10.2 Å². The highest BCUT2D eigenvalue weighted by Crippen LogP contribution is 2.29. The minimum atomic E-state index is 0.381. The van der Waals surface area contributed by atoms with Gasteiger partial charge in [0.05, 0.1) is 18.1 Å². The van der Waals surface area contributed by atoms with Crippen LogP contribution in [0.3, 0.4) is 0 Å². The Morgan fingerprint density at radius 1 is 1.31 bits per heavy atom. The predicted molar refractivity (Wildman–Crippen MR) is 60.0 cm³/mol. The summed E-state index contributed by atoms with van der Waals surface area (Å²) in [6.07, 6.45) is 6.00. The lowest BCUT2D eigenvalue weighted by atomic mass is 9.91. The fraction of sp³-hybridized carbons (Fsp3) is 0.455. The summed E-state index contributed by atoms with van der Waals surface area (Å²) in [5, 5.41) is 12.0. The Labute approximate surface area is 94.1 Å². The van der Waals surface area contributed by atoms with Crippen molar-refractivity contribution in [2.75, 3.05) is 6.54 Å². The molecule has 5 nitrogen and oxygen atoms in total. The van der Waals surface area contributed by atoms with E-state index in [9.17, 15) is 0 Å². The molecule has 0 saturated heterocycles. The zero-order valence-electron chi connectivity index (χ0n) is 9.51. The van der Waals surface area contributed by atoms with E-state index in [1.54, 1.807) is 0 Å². The molecule has 1 N–H and O–H groups in total. The molecule has 2 aromatic heterocycles. The zero-order valence-corrected chi connectivity index (χ0v) is 9.51. The number of hydrogen-bond acceptors (Lipinski definition) is 3. The number of hydrogen-bond donors (Lipinski definition) is 1. The van der Waals surface area contributed by atoms with Crippen molar-refractivity contribution in [3.05, 3.63) is 35.4 Å². The standard InChI is InChI=1S/C11H15N5/c1-15-7-8(3-13-15)9-4-12-6-11-10(9)5-14-16(11)2/h3,5,7,9,12H,4,6H2,1-2H3. The van der Waals surface area contributed by atoms with Gasteiger partial charge in [0, 0.05) is 44.9 Å². The summed E-state index contributed by atoms with van der Waals surface area (Å²) >= 11 is 0. The lowest BCUT2D eigenvalue weighted by Gasteiger charge is -2.22. The van der Waals surface area contributed by atoms with Crippen LogP contribution < -0.4 is 5.32 Å². The van der Waals surface area contributed by atoms with E-state index >= 15 is 0 Å². The molecule has 0 radical (unpaired) electrons. The van der Waals surface area contributed by atoms with Gasteiger partial charge in [-0.05, 0) is 5.56 Å². The SMILES string of the molecule is Cn1cc(C2CNCc3c2cnn3C)cn1. The number of nitrogens with zero attached hydrogens (tertiary/aromatic N) is 4. The molecule has 0 bridgehead atoms. The summed E-state index contributed by atoms with van der Waals surface area (Å²) in [5.74, 6) is 0.381. The van der Waals surface area contributed by atoms with Crippen molar-refractivity contribution < 1.29 is 0 Å². The van der Waals surface area contributed by atoms with Crippen molar-refractivity contribution in [3.8, 4) is 0 Å². The van der Waals surface area contributed by atoms with E-state index < -0.39 is 0 Å². The van der Waals surface area contributed by atoms with Crippen molar-refractivity contribution in [1.29, 1.82) is 0 Å². The van der Waals surface area contributed by atoms with Gasteiger partial charge in [0.2, 0.25) is 0 Å². The minimum Gasteiger partial charge on any atom is -0.310 e. The lowest BCUT2D eigenvalue weighted by Crippen LogP contribution is -2.29. The maximum Gasteiger partial charge on any atom is 0.0557 e.